The SMILES string of the molecule is COC(=O)c1ncn(-c2nn(C)cc2[N+](=O)[O-])n1. The van der Waals surface area contributed by atoms with Gasteiger partial charge in [-0.25, -0.2) is 9.78 Å². The molecule has 0 spiro atoms. The summed E-state index contributed by atoms with van der Waals surface area (Å²) in [5.41, 5.74) is -0.237. The van der Waals surface area contributed by atoms with E-state index < -0.39 is 10.9 Å². The van der Waals surface area contributed by atoms with Crippen molar-refractivity contribution in [1.29, 1.82) is 0 Å². The second kappa shape index (κ2) is 4.24. The van der Waals surface area contributed by atoms with Crippen LogP contribution < -0.4 is 0 Å². The normalized spacial score (nSPS) is 10.3. The maximum Gasteiger partial charge on any atom is 0.377 e. The second-order valence-electron chi connectivity index (χ2n) is 3.27. The fourth-order valence-corrected chi connectivity index (χ4v) is 1.31. The van der Waals surface area contributed by atoms with E-state index in [1.54, 1.807) is 0 Å². The van der Waals surface area contributed by atoms with E-state index >= 15 is 0 Å². The third kappa shape index (κ3) is 1.90. The average Bonchev–Trinajstić information content (AvgIpc) is 2.93. The van der Waals surface area contributed by atoms with Gasteiger partial charge in [-0.2, -0.15) is 4.68 Å². The van der Waals surface area contributed by atoms with Crippen molar-refractivity contribution >= 4 is 11.7 Å². The third-order valence-corrected chi connectivity index (χ3v) is 2.06. The number of esters is 1. The van der Waals surface area contributed by atoms with Crippen molar-refractivity contribution in [2.45, 2.75) is 0 Å². The minimum Gasteiger partial charge on any atom is -0.463 e. The number of carbonyl (C=O) groups is 1. The predicted octanol–water partition coefficient (Wildman–Crippen LogP) is -0.304. The fraction of sp³-hybridized carbons (Fsp3) is 0.250. The Labute approximate surface area is 99.9 Å². The Morgan fingerprint density at radius 2 is 2.22 bits per heavy atom. The van der Waals surface area contributed by atoms with Gasteiger partial charge in [0.2, 0.25) is 0 Å². The Morgan fingerprint density at radius 1 is 1.50 bits per heavy atom. The largest absolute Gasteiger partial charge is 0.463 e. The van der Waals surface area contributed by atoms with Crippen LogP contribution in [0, 0.1) is 10.1 Å². The van der Waals surface area contributed by atoms with Crippen molar-refractivity contribution in [3.05, 3.63) is 28.5 Å². The molecule has 0 radical (unpaired) electrons. The van der Waals surface area contributed by atoms with Gasteiger partial charge in [-0.3, -0.25) is 14.8 Å². The molecule has 0 N–H and O–H groups in total. The summed E-state index contributed by atoms with van der Waals surface area (Å²) in [6.45, 7) is 0. The van der Waals surface area contributed by atoms with Gasteiger partial charge in [0.25, 0.3) is 11.6 Å². The highest BCUT2D eigenvalue weighted by Crippen LogP contribution is 2.19. The number of hydrogen-bond acceptors (Lipinski definition) is 7. The number of ether oxygens (including phenoxy) is 1. The van der Waals surface area contributed by atoms with Gasteiger partial charge >= 0.3 is 11.7 Å². The van der Waals surface area contributed by atoms with E-state index in [-0.39, 0.29) is 17.3 Å². The highest BCUT2D eigenvalue weighted by molar-refractivity contribution is 5.84. The molecule has 2 aromatic rings. The lowest BCUT2D eigenvalue weighted by Gasteiger charge is -1.93. The highest BCUT2D eigenvalue weighted by Gasteiger charge is 2.22. The van der Waals surface area contributed by atoms with Crippen LogP contribution in [0.4, 0.5) is 5.69 Å². The lowest BCUT2D eigenvalue weighted by Crippen LogP contribution is -2.06. The lowest BCUT2D eigenvalue weighted by molar-refractivity contribution is -0.384. The smallest absolute Gasteiger partial charge is 0.377 e. The maximum atomic E-state index is 11.2. The number of nitrogens with zero attached hydrogens (tertiary/aromatic N) is 6. The monoisotopic (exact) mass is 252 g/mol. The van der Waals surface area contributed by atoms with Crippen molar-refractivity contribution in [2.75, 3.05) is 7.11 Å². The summed E-state index contributed by atoms with van der Waals surface area (Å²) in [6.07, 6.45) is 2.39. The van der Waals surface area contributed by atoms with Crippen LogP contribution in [0.1, 0.15) is 10.6 Å². The van der Waals surface area contributed by atoms with E-state index in [0.717, 1.165) is 11.0 Å². The Morgan fingerprint density at radius 3 is 2.83 bits per heavy atom. The summed E-state index contributed by atoms with van der Waals surface area (Å²) in [6, 6.07) is 0. The van der Waals surface area contributed by atoms with E-state index in [1.165, 1.54) is 25.0 Å². The van der Waals surface area contributed by atoms with Crippen LogP contribution in [0.2, 0.25) is 0 Å². The molecule has 0 saturated heterocycles. The van der Waals surface area contributed by atoms with Crippen LogP contribution >= 0.6 is 0 Å². The van der Waals surface area contributed by atoms with Crippen LogP contribution in [0.15, 0.2) is 12.5 Å². The number of hydrogen-bond donors (Lipinski definition) is 0. The van der Waals surface area contributed by atoms with Gasteiger partial charge in [0, 0.05) is 7.05 Å². The Bertz CT molecular complexity index is 615. The molecule has 2 rings (SSSR count). The van der Waals surface area contributed by atoms with Crippen molar-refractivity contribution < 1.29 is 14.5 Å². The predicted molar refractivity (Wildman–Crippen MR) is 56.1 cm³/mol. The maximum absolute atomic E-state index is 11.2. The summed E-state index contributed by atoms with van der Waals surface area (Å²) in [5, 5.41) is 18.4. The van der Waals surface area contributed by atoms with Crippen molar-refractivity contribution in [3.63, 3.8) is 0 Å². The van der Waals surface area contributed by atoms with Gasteiger partial charge < -0.3 is 4.74 Å². The zero-order chi connectivity index (χ0) is 13.3. The van der Waals surface area contributed by atoms with Gasteiger partial charge in [-0.05, 0) is 0 Å². The van der Waals surface area contributed by atoms with E-state index in [0.29, 0.717) is 0 Å². The van der Waals surface area contributed by atoms with Gasteiger partial charge in [-0.15, -0.1) is 10.2 Å². The van der Waals surface area contributed by atoms with Crippen molar-refractivity contribution in [3.8, 4) is 5.82 Å². The average molecular weight is 252 g/mol. The first kappa shape index (κ1) is 11.7. The number of nitro groups is 1. The number of methoxy groups -OCH3 is 1. The summed E-state index contributed by atoms with van der Waals surface area (Å²) >= 11 is 0. The highest BCUT2D eigenvalue weighted by atomic mass is 16.6. The molecule has 0 bridgehead atoms. The lowest BCUT2D eigenvalue weighted by atomic mass is 10.5. The molecule has 0 aliphatic carbocycles. The van der Waals surface area contributed by atoms with E-state index in [9.17, 15) is 14.9 Å². The minimum atomic E-state index is -0.729. The molecule has 0 amide bonds. The molecule has 18 heavy (non-hydrogen) atoms. The topological polar surface area (TPSA) is 118 Å². The van der Waals surface area contributed by atoms with E-state index in [4.69, 9.17) is 0 Å². The number of aromatic nitrogens is 5. The molecular formula is C8H8N6O4. The molecule has 94 valence electrons. The molecular weight excluding hydrogens is 244 g/mol. The number of carbonyl (C=O) groups excluding carboxylic acids is 1. The Balaban J connectivity index is 2.46. The Kier molecular flexibility index (Phi) is 2.75. The molecule has 0 aromatic carbocycles. The molecule has 10 heteroatoms. The third-order valence-electron chi connectivity index (χ3n) is 2.06. The van der Waals surface area contributed by atoms with Crippen molar-refractivity contribution in [2.24, 2.45) is 7.05 Å². The van der Waals surface area contributed by atoms with E-state index in [2.05, 4.69) is 19.9 Å². The quantitative estimate of drug-likeness (QED) is 0.417. The minimum absolute atomic E-state index is 0.0230. The molecule has 0 fully saturated rings. The summed E-state index contributed by atoms with van der Waals surface area (Å²) in [7, 11) is 2.72. The van der Waals surface area contributed by atoms with Gasteiger partial charge in [0.05, 0.1) is 12.0 Å². The second-order valence-corrected chi connectivity index (χ2v) is 3.27. The van der Waals surface area contributed by atoms with Gasteiger partial charge in [0.1, 0.15) is 12.5 Å². The van der Waals surface area contributed by atoms with Crippen molar-refractivity contribution in [1.82, 2.24) is 24.5 Å². The molecule has 0 aliphatic heterocycles. The van der Waals surface area contributed by atoms with Gasteiger partial charge in [0.15, 0.2) is 0 Å². The van der Waals surface area contributed by atoms with Crippen LogP contribution in [-0.4, -0.2) is 42.5 Å². The molecule has 10 nitrogen and oxygen atoms in total. The molecule has 2 heterocycles. The van der Waals surface area contributed by atoms with Crippen LogP contribution in [0.3, 0.4) is 0 Å². The van der Waals surface area contributed by atoms with Gasteiger partial charge in [-0.1, -0.05) is 0 Å². The zero-order valence-electron chi connectivity index (χ0n) is 9.47. The Hall–Kier alpha value is -2.78. The van der Waals surface area contributed by atoms with Crippen LogP contribution in [-0.2, 0) is 11.8 Å². The fourth-order valence-electron chi connectivity index (χ4n) is 1.31. The summed E-state index contributed by atoms with van der Waals surface area (Å²) < 4.78 is 6.75. The number of rotatable bonds is 3. The zero-order valence-corrected chi connectivity index (χ0v) is 9.47. The van der Waals surface area contributed by atoms with Crippen LogP contribution in [0.25, 0.3) is 5.82 Å². The number of aryl methyl sites for hydroxylation is 1. The molecule has 0 atom stereocenters. The first-order chi connectivity index (χ1) is 8.52. The van der Waals surface area contributed by atoms with Crippen LogP contribution in [0.5, 0.6) is 0 Å². The molecule has 2 aromatic heterocycles. The van der Waals surface area contributed by atoms with E-state index in [1.807, 2.05) is 0 Å². The first-order valence-corrected chi connectivity index (χ1v) is 4.71. The summed E-state index contributed by atoms with van der Waals surface area (Å²) in [4.78, 5) is 25.0. The summed E-state index contributed by atoms with van der Waals surface area (Å²) in [5.74, 6) is -0.949. The standard InChI is InChI=1S/C8H8N6O4/c1-12-3-5(14(16)17)7(11-12)13-4-9-6(10-13)8(15)18-2/h3-4H,1-2H3. The first-order valence-electron chi connectivity index (χ1n) is 4.71. The molecule has 0 saturated carbocycles. The molecule has 0 unspecified atom stereocenters. The molecule has 0 aliphatic rings.